The standard InChI is InChI=1S/C24H30N6O3/c1-24(2,3)33-23(31)29-10-4-5-20(29)19-16-22(28-11-13-32-14-12-28)30-21(26-19)15-18(27-30)17-6-8-25-9-7-17/h6-9,15-16,20H,4-5,10-14H2,1-3H3. The van der Waals surface area contributed by atoms with Crippen LogP contribution in [0.5, 0.6) is 0 Å². The molecule has 3 aromatic heterocycles. The third-order valence-electron chi connectivity index (χ3n) is 5.96. The molecule has 1 amide bonds. The molecule has 174 valence electrons. The van der Waals surface area contributed by atoms with Crippen molar-refractivity contribution in [2.45, 2.75) is 45.3 Å². The summed E-state index contributed by atoms with van der Waals surface area (Å²) in [6.07, 6.45) is 5.02. The van der Waals surface area contributed by atoms with E-state index in [1.807, 2.05) is 48.4 Å². The first-order chi connectivity index (χ1) is 15.9. The van der Waals surface area contributed by atoms with Gasteiger partial charge in [-0.1, -0.05) is 0 Å². The molecule has 2 fully saturated rings. The number of morpholine rings is 1. The van der Waals surface area contributed by atoms with Gasteiger partial charge in [0.1, 0.15) is 11.4 Å². The second-order valence-electron chi connectivity index (χ2n) is 9.51. The highest BCUT2D eigenvalue weighted by molar-refractivity contribution is 5.70. The van der Waals surface area contributed by atoms with E-state index in [2.05, 4.69) is 16.0 Å². The predicted molar refractivity (Wildman–Crippen MR) is 124 cm³/mol. The second kappa shape index (κ2) is 8.62. The maximum atomic E-state index is 12.9. The zero-order valence-corrected chi connectivity index (χ0v) is 19.4. The number of amides is 1. The molecule has 9 nitrogen and oxygen atoms in total. The van der Waals surface area contributed by atoms with Crippen LogP contribution in [-0.2, 0) is 9.47 Å². The first-order valence-corrected chi connectivity index (χ1v) is 11.5. The van der Waals surface area contributed by atoms with E-state index in [9.17, 15) is 4.79 Å². The number of carbonyl (C=O) groups is 1. The monoisotopic (exact) mass is 450 g/mol. The van der Waals surface area contributed by atoms with Crippen LogP contribution in [0.4, 0.5) is 10.6 Å². The van der Waals surface area contributed by atoms with Crippen LogP contribution in [0.15, 0.2) is 36.7 Å². The number of nitrogens with zero attached hydrogens (tertiary/aromatic N) is 6. The van der Waals surface area contributed by atoms with Crippen molar-refractivity contribution in [3.8, 4) is 11.3 Å². The average molecular weight is 451 g/mol. The van der Waals surface area contributed by atoms with E-state index in [1.54, 1.807) is 12.4 Å². The molecule has 33 heavy (non-hydrogen) atoms. The van der Waals surface area contributed by atoms with E-state index in [1.165, 1.54) is 0 Å². The van der Waals surface area contributed by atoms with Gasteiger partial charge in [0.25, 0.3) is 0 Å². The maximum Gasteiger partial charge on any atom is 0.410 e. The number of hydrogen-bond acceptors (Lipinski definition) is 7. The Morgan fingerprint density at radius 1 is 1.12 bits per heavy atom. The van der Waals surface area contributed by atoms with Gasteiger partial charge in [-0.3, -0.25) is 9.88 Å². The topological polar surface area (TPSA) is 85.1 Å². The number of fused-ring (bicyclic) bond motifs is 1. The molecule has 0 radical (unpaired) electrons. The predicted octanol–water partition coefficient (Wildman–Crippen LogP) is 3.70. The highest BCUT2D eigenvalue weighted by atomic mass is 16.6. The molecule has 5 heterocycles. The normalized spacial score (nSPS) is 19.3. The van der Waals surface area contributed by atoms with Crippen molar-refractivity contribution >= 4 is 17.6 Å². The van der Waals surface area contributed by atoms with Crippen LogP contribution in [-0.4, -0.2) is 69.0 Å². The summed E-state index contributed by atoms with van der Waals surface area (Å²) < 4.78 is 13.1. The van der Waals surface area contributed by atoms with Gasteiger partial charge in [-0.15, -0.1) is 0 Å². The Kier molecular flexibility index (Phi) is 5.65. The van der Waals surface area contributed by atoms with Crippen molar-refractivity contribution < 1.29 is 14.3 Å². The van der Waals surface area contributed by atoms with Crippen molar-refractivity contribution in [3.05, 3.63) is 42.4 Å². The summed E-state index contributed by atoms with van der Waals surface area (Å²) in [7, 11) is 0. The largest absolute Gasteiger partial charge is 0.444 e. The van der Waals surface area contributed by atoms with Crippen molar-refractivity contribution in [3.63, 3.8) is 0 Å². The van der Waals surface area contributed by atoms with Crippen LogP contribution in [0.3, 0.4) is 0 Å². The van der Waals surface area contributed by atoms with Crippen LogP contribution in [0.25, 0.3) is 16.9 Å². The first-order valence-electron chi connectivity index (χ1n) is 11.5. The molecule has 0 aromatic carbocycles. The highest BCUT2D eigenvalue weighted by Gasteiger charge is 2.35. The number of rotatable bonds is 3. The average Bonchev–Trinajstić information content (AvgIpc) is 3.46. The number of ether oxygens (including phenoxy) is 2. The van der Waals surface area contributed by atoms with Crippen molar-refractivity contribution in [2.24, 2.45) is 0 Å². The summed E-state index contributed by atoms with van der Waals surface area (Å²) in [6, 6.07) is 7.84. The Hall–Kier alpha value is -3.20. The Morgan fingerprint density at radius 2 is 1.88 bits per heavy atom. The third-order valence-corrected chi connectivity index (χ3v) is 5.96. The summed E-state index contributed by atoms with van der Waals surface area (Å²) in [5, 5.41) is 4.87. The first kappa shape index (κ1) is 21.6. The Morgan fingerprint density at radius 3 is 2.61 bits per heavy atom. The second-order valence-corrected chi connectivity index (χ2v) is 9.51. The zero-order chi connectivity index (χ0) is 23.0. The number of pyridine rings is 1. The molecule has 3 aromatic rings. The van der Waals surface area contributed by atoms with E-state index in [-0.39, 0.29) is 12.1 Å². The van der Waals surface area contributed by atoms with Gasteiger partial charge in [0.15, 0.2) is 5.65 Å². The van der Waals surface area contributed by atoms with Crippen LogP contribution >= 0.6 is 0 Å². The summed E-state index contributed by atoms with van der Waals surface area (Å²) in [6.45, 7) is 9.25. The minimum atomic E-state index is -0.536. The molecule has 0 spiro atoms. The molecule has 0 aliphatic carbocycles. The molecule has 1 unspecified atom stereocenters. The smallest absolute Gasteiger partial charge is 0.410 e. The lowest BCUT2D eigenvalue weighted by atomic mass is 10.1. The van der Waals surface area contributed by atoms with Gasteiger partial charge in [0.2, 0.25) is 0 Å². The zero-order valence-electron chi connectivity index (χ0n) is 19.4. The molecule has 2 aliphatic rings. The molecule has 2 saturated heterocycles. The number of likely N-dealkylation sites (tertiary alicyclic amines) is 1. The highest BCUT2D eigenvalue weighted by Crippen LogP contribution is 2.35. The molecule has 5 rings (SSSR count). The van der Waals surface area contributed by atoms with Crippen LogP contribution < -0.4 is 4.90 Å². The van der Waals surface area contributed by atoms with Crippen molar-refractivity contribution in [1.82, 2.24) is 24.5 Å². The van der Waals surface area contributed by atoms with Gasteiger partial charge >= 0.3 is 6.09 Å². The van der Waals surface area contributed by atoms with Crippen LogP contribution in [0.2, 0.25) is 0 Å². The molecule has 9 heteroatoms. The van der Waals surface area contributed by atoms with Crippen molar-refractivity contribution in [2.75, 3.05) is 37.7 Å². The molecular formula is C24H30N6O3. The summed E-state index contributed by atoms with van der Waals surface area (Å²) in [5.41, 5.74) is 2.92. The van der Waals surface area contributed by atoms with E-state index in [0.29, 0.717) is 19.8 Å². The Bertz CT molecular complexity index is 1130. The number of aromatic nitrogens is 4. The Balaban J connectivity index is 1.56. The van der Waals surface area contributed by atoms with E-state index >= 15 is 0 Å². The summed E-state index contributed by atoms with van der Waals surface area (Å²) in [5.74, 6) is 0.967. The molecule has 0 saturated carbocycles. The fourth-order valence-electron chi connectivity index (χ4n) is 4.44. The van der Waals surface area contributed by atoms with Gasteiger partial charge in [-0.25, -0.2) is 9.78 Å². The van der Waals surface area contributed by atoms with E-state index < -0.39 is 5.60 Å². The SMILES string of the molecule is CC(C)(C)OC(=O)N1CCCC1c1cc(N2CCOCC2)n2nc(-c3ccncc3)cc2n1. The van der Waals surface area contributed by atoms with Crippen LogP contribution in [0, 0.1) is 0 Å². The lowest BCUT2D eigenvalue weighted by molar-refractivity contribution is 0.0221. The maximum absolute atomic E-state index is 12.9. The third kappa shape index (κ3) is 4.50. The molecular weight excluding hydrogens is 420 g/mol. The fourth-order valence-corrected chi connectivity index (χ4v) is 4.44. The van der Waals surface area contributed by atoms with Crippen molar-refractivity contribution in [1.29, 1.82) is 0 Å². The van der Waals surface area contributed by atoms with E-state index in [0.717, 1.165) is 54.3 Å². The van der Waals surface area contributed by atoms with Gasteiger partial charge in [-0.2, -0.15) is 9.61 Å². The Labute approximate surface area is 193 Å². The number of anilines is 1. The summed E-state index contributed by atoms with van der Waals surface area (Å²) >= 11 is 0. The minimum Gasteiger partial charge on any atom is -0.444 e. The molecule has 1 atom stereocenters. The fraction of sp³-hybridized carbons (Fsp3) is 0.500. The van der Waals surface area contributed by atoms with Gasteiger partial charge in [0, 0.05) is 49.7 Å². The van der Waals surface area contributed by atoms with Gasteiger partial charge < -0.3 is 14.4 Å². The number of carbonyl (C=O) groups excluding carboxylic acids is 1. The van der Waals surface area contributed by atoms with E-state index in [4.69, 9.17) is 19.6 Å². The molecule has 2 aliphatic heterocycles. The summed E-state index contributed by atoms with van der Waals surface area (Å²) in [4.78, 5) is 26.1. The minimum absolute atomic E-state index is 0.121. The van der Waals surface area contributed by atoms with Gasteiger partial charge in [0.05, 0.1) is 30.6 Å². The molecule has 0 bridgehead atoms. The lowest BCUT2D eigenvalue weighted by Crippen LogP contribution is -2.38. The number of hydrogen-bond donors (Lipinski definition) is 0. The van der Waals surface area contributed by atoms with Crippen LogP contribution in [0.1, 0.15) is 45.3 Å². The molecule has 0 N–H and O–H groups in total. The quantitative estimate of drug-likeness (QED) is 0.601. The lowest BCUT2D eigenvalue weighted by Gasteiger charge is -2.31. The van der Waals surface area contributed by atoms with Gasteiger partial charge in [-0.05, 0) is 45.7 Å².